The SMILES string of the molecule is CSC(=Nc1ccc(Oc2cccc(C(=O)O)c2)cc1)NC#N. The zero-order valence-corrected chi connectivity index (χ0v) is 13.0. The van der Waals surface area contributed by atoms with Crippen molar-refractivity contribution in [1.29, 1.82) is 5.26 Å². The lowest BCUT2D eigenvalue weighted by Gasteiger charge is -2.07. The van der Waals surface area contributed by atoms with Gasteiger partial charge in [0, 0.05) is 0 Å². The highest BCUT2D eigenvalue weighted by molar-refractivity contribution is 8.13. The average Bonchev–Trinajstić information content (AvgIpc) is 2.56. The number of carboxylic acid groups (broad SMARTS) is 1. The Labute approximate surface area is 137 Å². The molecule has 0 amide bonds. The lowest BCUT2D eigenvalue weighted by Crippen LogP contribution is -2.12. The molecule has 0 bridgehead atoms. The first-order valence-electron chi connectivity index (χ1n) is 6.51. The second kappa shape index (κ2) is 7.87. The van der Waals surface area contributed by atoms with Gasteiger partial charge in [-0.3, -0.25) is 5.32 Å². The highest BCUT2D eigenvalue weighted by Crippen LogP contribution is 2.25. The summed E-state index contributed by atoms with van der Waals surface area (Å²) >= 11 is 1.33. The third-order valence-electron chi connectivity index (χ3n) is 2.74. The molecule has 7 heteroatoms. The highest BCUT2D eigenvalue weighted by Gasteiger charge is 2.05. The molecule has 0 fully saturated rings. The summed E-state index contributed by atoms with van der Waals surface area (Å²) in [6, 6.07) is 13.2. The van der Waals surface area contributed by atoms with Gasteiger partial charge in [-0.05, 0) is 48.7 Å². The van der Waals surface area contributed by atoms with Crippen LogP contribution in [-0.4, -0.2) is 22.5 Å². The molecule has 6 nitrogen and oxygen atoms in total. The van der Waals surface area contributed by atoms with Crippen molar-refractivity contribution in [2.45, 2.75) is 0 Å². The summed E-state index contributed by atoms with van der Waals surface area (Å²) in [5.74, 6) is -0.00254. The number of thioether (sulfide) groups is 1. The van der Waals surface area contributed by atoms with Crippen LogP contribution in [0.3, 0.4) is 0 Å². The van der Waals surface area contributed by atoms with E-state index in [1.54, 1.807) is 36.4 Å². The van der Waals surface area contributed by atoms with Crippen molar-refractivity contribution < 1.29 is 14.6 Å². The minimum atomic E-state index is -1.00. The summed E-state index contributed by atoms with van der Waals surface area (Å²) in [5, 5.41) is 20.5. The maximum Gasteiger partial charge on any atom is 0.335 e. The van der Waals surface area contributed by atoms with Crippen LogP contribution in [-0.2, 0) is 0 Å². The molecule has 0 saturated carbocycles. The van der Waals surface area contributed by atoms with Crippen molar-refractivity contribution in [2.75, 3.05) is 6.26 Å². The van der Waals surface area contributed by atoms with E-state index >= 15 is 0 Å². The van der Waals surface area contributed by atoms with Gasteiger partial charge in [0.15, 0.2) is 11.4 Å². The monoisotopic (exact) mass is 327 g/mol. The van der Waals surface area contributed by atoms with E-state index in [0.717, 1.165) is 0 Å². The number of rotatable bonds is 4. The number of aromatic carboxylic acids is 1. The van der Waals surface area contributed by atoms with E-state index in [0.29, 0.717) is 22.4 Å². The first-order chi connectivity index (χ1) is 11.1. The van der Waals surface area contributed by atoms with E-state index in [4.69, 9.17) is 15.1 Å². The molecule has 0 aliphatic rings. The Morgan fingerprint density at radius 1 is 1.26 bits per heavy atom. The number of amidine groups is 1. The van der Waals surface area contributed by atoms with Crippen molar-refractivity contribution in [3.63, 3.8) is 0 Å². The highest BCUT2D eigenvalue weighted by atomic mass is 32.2. The van der Waals surface area contributed by atoms with Crippen LogP contribution in [0.4, 0.5) is 5.69 Å². The Morgan fingerprint density at radius 3 is 2.61 bits per heavy atom. The smallest absolute Gasteiger partial charge is 0.335 e. The van der Waals surface area contributed by atoms with Gasteiger partial charge in [0.05, 0.1) is 11.3 Å². The molecule has 0 spiro atoms. The molecular formula is C16H13N3O3S. The molecule has 0 saturated heterocycles. The fourth-order valence-electron chi connectivity index (χ4n) is 1.71. The van der Waals surface area contributed by atoms with Crippen molar-refractivity contribution in [1.82, 2.24) is 5.32 Å². The average molecular weight is 327 g/mol. The summed E-state index contributed by atoms with van der Waals surface area (Å²) in [4.78, 5) is 15.2. The van der Waals surface area contributed by atoms with Crippen LogP contribution < -0.4 is 10.1 Å². The van der Waals surface area contributed by atoms with Crippen LogP contribution >= 0.6 is 11.8 Å². The van der Waals surface area contributed by atoms with E-state index in [1.807, 2.05) is 12.4 Å². The number of nitriles is 1. The third-order valence-corrected chi connectivity index (χ3v) is 3.32. The number of ether oxygens (including phenoxy) is 1. The lowest BCUT2D eigenvalue weighted by atomic mass is 10.2. The first-order valence-corrected chi connectivity index (χ1v) is 7.74. The molecule has 2 aromatic carbocycles. The van der Waals surface area contributed by atoms with Gasteiger partial charge in [0.25, 0.3) is 0 Å². The number of nitrogens with zero attached hydrogens (tertiary/aromatic N) is 2. The van der Waals surface area contributed by atoms with Crippen LogP contribution in [0.15, 0.2) is 53.5 Å². The maximum atomic E-state index is 10.9. The molecule has 116 valence electrons. The summed E-state index contributed by atoms with van der Waals surface area (Å²) in [6.07, 6.45) is 3.64. The molecule has 0 atom stereocenters. The van der Waals surface area contributed by atoms with E-state index in [9.17, 15) is 4.79 Å². The number of hydrogen-bond acceptors (Lipinski definition) is 5. The Bertz CT molecular complexity index is 767. The predicted octanol–water partition coefficient (Wildman–Crippen LogP) is 3.60. The molecule has 2 N–H and O–H groups in total. The standard InChI is InChI=1S/C16H13N3O3S/c1-23-16(18-10-17)19-12-5-7-13(8-6-12)22-14-4-2-3-11(9-14)15(20)21/h2-9H,1H3,(H,18,19)(H,20,21). The molecule has 0 aliphatic heterocycles. The molecule has 2 rings (SSSR count). The number of carboxylic acids is 1. The van der Waals surface area contributed by atoms with Gasteiger partial charge >= 0.3 is 5.97 Å². The number of nitrogens with one attached hydrogen (secondary N) is 1. The van der Waals surface area contributed by atoms with E-state index in [1.165, 1.54) is 23.9 Å². The van der Waals surface area contributed by atoms with Gasteiger partial charge in [-0.25, -0.2) is 9.79 Å². The molecule has 0 aliphatic carbocycles. The topological polar surface area (TPSA) is 94.7 Å². The van der Waals surface area contributed by atoms with Crippen molar-refractivity contribution in [3.8, 4) is 17.7 Å². The maximum absolute atomic E-state index is 10.9. The van der Waals surface area contributed by atoms with Gasteiger partial charge in [0.2, 0.25) is 0 Å². The van der Waals surface area contributed by atoms with E-state index < -0.39 is 5.97 Å². The quantitative estimate of drug-likeness (QED) is 0.385. The van der Waals surface area contributed by atoms with Crippen LogP contribution in [0, 0.1) is 11.5 Å². The van der Waals surface area contributed by atoms with Crippen LogP contribution in [0.1, 0.15) is 10.4 Å². The molecule has 2 aromatic rings. The minimum absolute atomic E-state index is 0.163. The van der Waals surface area contributed by atoms with Crippen LogP contribution in [0.5, 0.6) is 11.5 Å². The Morgan fingerprint density at radius 2 is 2.00 bits per heavy atom. The molecular weight excluding hydrogens is 314 g/mol. The van der Waals surface area contributed by atoms with Gasteiger partial charge in [-0.2, -0.15) is 5.26 Å². The molecule has 0 unspecified atom stereocenters. The second-order valence-electron chi connectivity index (χ2n) is 4.29. The predicted molar refractivity (Wildman–Crippen MR) is 89.3 cm³/mol. The lowest BCUT2D eigenvalue weighted by molar-refractivity contribution is 0.0696. The summed E-state index contributed by atoms with van der Waals surface area (Å²) in [7, 11) is 0. The van der Waals surface area contributed by atoms with E-state index in [2.05, 4.69) is 10.3 Å². The number of carbonyl (C=O) groups is 1. The van der Waals surface area contributed by atoms with Gasteiger partial charge in [-0.1, -0.05) is 17.8 Å². The molecule has 23 heavy (non-hydrogen) atoms. The normalized spacial score (nSPS) is 10.7. The zero-order valence-electron chi connectivity index (χ0n) is 12.2. The van der Waals surface area contributed by atoms with Gasteiger partial charge in [-0.15, -0.1) is 0 Å². The first kappa shape index (κ1) is 16.4. The van der Waals surface area contributed by atoms with Gasteiger partial charge < -0.3 is 9.84 Å². The van der Waals surface area contributed by atoms with E-state index in [-0.39, 0.29) is 5.56 Å². The van der Waals surface area contributed by atoms with Crippen molar-refractivity contribution in [3.05, 3.63) is 54.1 Å². The van der Waals surface area contributed by atoms with Crippen LogP contribution in [0.2, 0.25) is 0 Å². The van der Waals surface area contributed by atoms with Crippen molar-refractivity contribution >= 4 is 28.6 Å². The molecule has 0 radical (unpaired) electrons. The second-order valence-corrected chi connectivity index (χ2v) is 5.08. The zero-order chi connectivity index (χ0) is 16.7. The molecule has 0 aromatic heterocycles. The largest absolute Gasteiger partial charge is 0.478 e. The summed E-state index contributed by atoms with van der Waals surface area (Å²) in [6.45, 7) is 0. The summed E-state index contributed by atoms with van der Waals surface area (Å²) < 4.78 is 5.62. The fraction of sp³-hybridized carbons (Fsp3) is 0.0625. The number of aliphatic imine (C=N–C) groups is 1. The molecule has 0 heterocycles. The van der Waals surface area contributed by atoms with Gasteiger partial charge in [0.1, 0.15) is 11.5 Å². The minimum Gasteiger partial charge on any atom is -0.478 e. The number of hydrogen-bond donors (Lipinski definition) is 2. The number of benzene rings is 2. The Kier molecular flexibility index (Phi) is 5.61. The van der Waals surface area contributed by atoms with Crippen LogP contribution in [0.25, 0.3) is 0 Å². The summed E-state index contributed by atoms with van der Waals surface area (Å²) in [5.41, 5.74) is 0.833. The Balaban J connectivity index is 2.13. The van der Waals surface area contributed by atoms with Crippen molar-refractivity contribution in [2.24, 2.45) is 4.99 Å². The fourth-order valence-corrected chi connectivity index (χ4v) is 2.05. The Hall–Kier alpha value is -2.98. The third kappa shape index (κ3) is 4.76.